The summed E-state index contributed by atoms with van der Waals surface area (Å²) >= 11 is 0. The number of anilines is 2. The van der Waals surface area contributed by atoms with Crippen molar-refractivity contribution in [2.75, 3.05) is 23.3 Å². The second kappa shape index (κ2) is 7.04. The van der Waals surface area contributed by atoms with Crippen LogP contribution in [0.15, 0.2) is 60.9 Å². The topological polar surface area (TPSA) is 50.2 Å². The van der Waals surface area contributed by atoms with E-state index in [2.05, 4.69) is 15.2 Å². The van der Waals surface area contributed by atoms with Crippen molar-refractivity contribution in [1.29, 1.82) is 0 Å². The minimum atomic E-state index is -0.122. The van der Waals surface area contributed by atoms with E-state index in [-0.39, 0.29) is 5.91 Å². The number of nitrogens with one attached hydrogen (secondary N) is 1. The van der Waals surface area contributed by atoms with E-state index in [0.717, 1.165) is 36.0 Å². The first-order valence-corrected chi connectivity index (χ1v) is 8.98. The van der Waals surface area contributed by atoms with Crippen LogP contribution in [-0.4, -0.2) is 28.5 Å². The summed E-state index contributed by atoms with van der Waals surface area (Å²) < 4.78 is 2.01. The van der Waals surface area contributed by atoms with Gasteiger partial charge < -0.3 is 14.8 Å². The van der Waals surface area contributed by atoms with Crippen molar-refractivity contribution in [3.05, 3.63) is 72.2 Å². The molecule has 1 N–H and O–H groups in total. The molecule has 1 fully saturated rings. The standard InChI is InChI=1S/C21H22N4O/c1-16-19(10-11-20(22-16)25-14-4-5-15-25)23-21(26)17-6-8-18(9-7-17)24-12-2-3-13-24/h2-3,6-13H,4-5,14-15H2,1H3,(H,23,26). The molecule has 4 rings (SSSR count). The molecule has 0 aliphatic carbocycles. The van der Waals surface area contributed by atoms with E-state index in [1.165, 1.54) is 12.8 Å². The lowest BCUT2D eigenvalue weighted by Crippen LogP contribution is -2.20. The molecule has 1 aliphatic rings. The van der Waals surface area contributed by atoms with Gasteiger partial charge in [-0.05, 0) is 68.3 Å². The minimum Gasteiger partial charge on any atom is -0.357 e. The van der Waals surface area contributed by atoms with Crippen molar-refractivity contribution in [3.8, 4) is 5.69 Å². The summed E-state index contributed by atoms with van der Waals surface area (Å²) in [5.41, 5.74) is 3.25. The van der Waals surface area contributed by atoms with Crippen LogP contribution in [0.4, 0.5) is 11.5 Å². The van der Waals surface area contributed by atoms with Crippen molar-refractivity contribution in [2.24, 2.45) is 0 Å². The van der Waals surface area contributed by atoms with Gasteiger partial charge in [-0.15, -0.1) is 0 Å². The molecule has 1 saturated heterocycles. The number of aromatic nitrogens is 2. The summed E-state index contributed by atoms with van der Waals surface area (Å²) in [7, 11) is 0. The molecule has 1 aromatic carbocycles. The van der Waals surface area contributed by atoms with Crippen LogP contribution in [-0.2, 0) is 0 Å². The molecule has 0 radical (unpaired) electrons. The predicted octanol–water partition coefficient (Wildman–Crippen LogP) is 4.03. The summed E-state index contributed by atoms with van der Waals surface area (Å²) in [5.74, 6) is 0.872. The van der Waals surface area contributed by atoms with Gasteiger partial charge in [-0.2, -0.15) is 0 Å². The first kappa shape index (κ1) is 16.4. The molecule has 0 atom stereocenters. The molecule has 5 nitrogen and oxygen atoms in total. The second-order valence-corrected chi connectivity index (χ2v) is 6.59. The number of aryl methyl sites for hydroxylation is 1. The van der Waals surface area contributed by atoms with Gasteiger partial charge >= 0.3 is 0 Å². The number of hydrogen-bond donors (Lipinski definition) is 1. The molecular weight excluding hydrogens is 324 g/mol. The van der Waals surface area contributed by atoms with Crippen molar-refractivity contribution in [3.63, 3.8) is 0 Å². The van der Waals surface area contributed by atoms with Crippen LogP contribution < -0.4 is 10.2 Å². The Bertz CT molecular complexity index is 894. The first-order valence-electron chi connectivity index (χ1n) is 8.98. The Morgan fingerprint density at radius 1 is 1.00 bits per heavy atom. The van der Waals surface area contributed by atoms with Gasteiger partial charge in [0, 0.05) is 36.7 Å². The fraction of sp³-hybridized carbons (Fsp3) is 0.238. The molecule has 1 amide bonds. The highest BCUT2D eigenvalue weighted by atomic mass is 16.1. The average Bonchev–Trinajstić information content (AvgIpc) is 3.37. The molecule has 0 saturated carbocycles. The highest BCUT2D eigenvalue weighted by Crippen LogP contribution is 2.22. The van der Waals surface area contributed by atoms with Crippen molar-refractivity contribution >= 4 is 17.4 Å². The maximum absolute atomic E-state index is 12.5. The summed E-state index contributed by atoms with van der Waals surface area (Å²) in [6.45, 7) is 4.06. The SMILES string of the molecule is Cc1nc(N2CCCC2)ccc1NC(=O)c1ccc(-n2cccc2)cc1. The monoisotopic (exact) mass is 346 g/mol. The van der Waals surface area contributed by atoms with E-state index >= 15 is 0 Å². The summed E-state index contributed by atoms with van der Waals surface area (Å²) in [4.78, 5) is 19.5. The van der Waals surface area contributed by atoms with Crippen LogP contribution in [0.3, 0.4) is 0 Å². The molecule has 2 aromatic heterocycles. The molecule has 1 aliphatic heterocycles. The smallest absolute Gasteiger partial charge is 0.255 e. The highest BCUT2D eigenvalue weighted by Gasteiger charge is 2.15. The summed E-state index contributed by atoms with van der Waals surface area (Å²) in [6.07, 6.45) is 6.40. The van der Waals surface area contributed by atoms with Gasteiger partial charge in [-0.3, -0.25) is 4.79 Å². The largest absolute Gasteiger partial charge is 0.357 e. The first-order chi connectivity index (χ1) is 12.7. The van der Waals surface area contributed by atoms with Crippen LogP contribution in [0.25, 0.3) is 5.69 Å². The lowest BCUT2D eigenvalue weighted by molar-refractivity contribution is 0.102. The quantitative estimate of drug-likeness (QED) is 0.776. The van der Waals surface area contributed by atoms with E-state index in [1.807, 2.05) is 72.4 Å². The fourth-order valence-corrected chi connectivity index (χ4v) is 3.29. The Hall–Kier alpha value is -3.08. The van der Waals surface area contributed by atoms with Crippen LogP contribution in [0, 0.1) is 6.92 Å². The van der Waals surface area contributed by atoms with Crippen molar-refractivity contribution in [1.82, 2.24) is 9.55 Å². The number of hydrogen-bond acceptors (Lipinski definition) is 3. The normalized spacial score (nSPS) is 13.8. The van der Waals surface area contributed by atoms with E-state index in [9.17, 15) is 4.79 Å². The van der Waals surface area contributed by atoms with E-state index < -0.39 is 0 Å². The summed E-state index contributed by atoms with van der Waals surface area (Å²) in [5, 5.41) is 2.97. The van der Waals surface area contributed by atoms with Gasteiger partial charge in [0.1, 0.15) is 5.82 Å². The Morgan fingerprint density at radius 2 is 1.69 bits per heavy atom. The average molecular weight is 346 g/mol. The van der Waals surface area contributed by atoms with Gasteiger partial charge in [0.25, 0.3) is 5.91 Å². The molecule has 0 spiro atoms. The molecular formula is C21H22N4O. The van der Waals surface area contributed by atoms with Gasteiger partial charge in [-0.25, -0.2) is 4.98 Å². The molecule has 132 valence electrons. The van der Waals surface area contributed by atoms with Gasteiger partial charge in [0.05, 0.1) is 11.4 Å². The number of pyridine rings is 1. The van der Waals surface area contributed by atoms with Gasteiger partial charge in [0.2, 0.25) is 0 Å². The maximum atomic E-state index is 12.5. The third-order valence-electron chi connectivity index (χ3n) is 4.78. The molecule has 26 heavy (non-hydrogen) atoms. The second-order valence-electron chi connectivity index (χ2n) is 6.59. The Kier molecular flexibility index (Phi) is 4.44. The Balaban J connectivity index is 1.47. The van der Waals surface area contributed by atoms with Crippen LogP contribution >= 0.6 is 0 Å². The third kappa shape index (κ3) is 3.33. The van der Waals surface area contributed by atoms with Crippen molar-refractivity contribution < 1.29 is 4.79 Å². The van der Waals surface area contributed by atoms with Crippen LogP contribution in [0.2, 0.25) is 0 Å². The predicted molar refractivity (Wildman–Crippen MR) is 104 cm³/mol. The van der Waals surface area contributed by atoms with Crippen LogP contribution in [0.1, 0.15) is 28.9 Å². The number of carbonyl (C=O) groups is 1. The number of amides is 1. The number of rotatable bonds is 4. The maximum Gasteiger partial charge on any atom is 0.255 e. The number of nitrogens with zero attached hydrogens (tertiary/aromatic N) is 3. The fourth-order valence-electron chi connectivity index (χ4n) is 3.29. The summed E-state index contributed by atoms with van der Waals surface area (Å²) in [6, 6.07) is 15.4. The van der Waals surface area contributed by atoms with Crippen molar-refractivity contribution in [2.45, 2.75) is 19.8 Å². The Morgan fingerprint density at radius 3 is 2.35 bits per heavy atom. The lowest BCUT2D eigenvalue weighted by Gasteiger charge is -2.18. The highest BCUT2D eigenvalue weighted by molar-refractivity contribution is 6.04. The Labute approximate surface area is 153 Å². The third-order valence-corrected chi connectivity index (χ3v) is 4.78. The molecule has 0 unspecified atom stereocenters. The molecule has 5 heteroatoms. The lowest BCUT2D eigenvalue weighted by atomic mass is 10.2. The van der Waals surface area contributed by atoms with E-state index in [1.54, 1.807) is 0 Å². The zero-order valence-corrected chi connectivity index (χ0v) is 14.9. The van der Waals surface area contributed by atoms with Crippen LogP contribution in [0.5, 0.6) is 0 Å². The molecule has 0 bridgehead atoms. The number of benzene rings is 1. The minimum absolute atomic E-state index is 0.122. The van der Waals surface area contributed by atoms with Gasteiger partial charge in [0.15, 0.2) is 0 Å². The van der Waals surface area contributed by atoms with E-state index in [4.69, 9.17) is 0 Å². The zero-order valence-electron chi connectivity index (χ0n) is 14.9. The number of carbonyl (C=O) groups excluding carboxylic acids is 1. The van der Waals surface area contributed by atoms with Gasteiger partial charge in [-0.1, -0.05) is 0 Å². The molecule has 3 aromatic rings. The molecule has 3 heterocycles. The zero-order chi connectivity index (χ0) is 17.9. The van der Waals surface area contributed by atoms with E-state index in [0.29, 0.717) is 5.56 Å².